The fourth-order valence-electron chi connectivity index (χ4n) is 4.90. The number of nitro benzene ring substituents is 1. The van der Waals surface area contributed by atoms with Gasteiger partial charge in [0.15, 0.2) is 0 Å². The molecule has 0 bridgehead atoms. The first kappa shape index (κ1) is 28.4. The van der Waals surface area contributed by atoms with Gasteiger partial charge < -0.3 is 19.7 Å². The number of benzene rings is 3. The Hall–Kier alpha value is -5.69. The molecule has 5 aromatic rings. The van der Waals surface area contributed by atoms with Gasteiger partial charge in [-0.05, 0) is 53.1 Å². The molecule has 2 aromatic heterocycles. The fraction of sp³-hybridized carbons (Fsp3) is 0.194. The molecule has 6 rings (SSSR count). The smallest absolute Gasteiger partial charge is 0.271 e. The van der Waals surface area contributed by atoms with Crippen molar-refractivity contribution < 1.29 is 14.4 Å². The minimum absolute atomic E-state index is 0.0472. The van der Waals surface area contributed by atoms with Gasteiger partial charge in [0, 0.05) is 54.4 Å². The topological polar surface area (TPSA) is 153 Å². The molecular formula is C31H29N9O4. The quantitative estimate of drug-likeness (QED) is 0.130. The number of fused-ring (bicyclic) bond motifs is 1. The predicted octanol–water partition coefficient (Wildman–Crippen LogP) is 5.34. The minimum Gasteiger partial charge on any atom is -0.497 e. The summed E-state index contributed by atoms with van der Waals surface area (Å²) in [4.78, 5) is 30.7. The number of nitrogens with one attached hydrogen (secondary N) is 2. The van der Waals surface area contributed by atoms with Crippen LogP contribution in [0.3, 0.4) is 0 Å². The van der Waals surface area contributed by atoms with E-state index in [-0.39, 0.29) is 17.6 Å². The van der Waals surface area contributed by atoms with Gasteiger partial charge in [0.2, 0.25) is 17.8 Å². The van der Waals surface area contributed by atoms with Gasteiger partial charge in [0.25, 0.3) is 5.69 Å². The molecule has 1 fully saturated rings. The molecule has 1 aliphatic rings. The van der Waals surface area contributed by atoms with Gasteiger partial charge in [-0.15, -0.1) is 0 Å². The van der Waals surface area contributed by atoms with E-state index in [1.54, 1.807) is 31.7 Å². The Labute approximate surface area is 252 Å². The van der Waals surface area contributed by atoms with Crippen LogP contribution >= 0.6 is 0 Å². The highest BCUT2D eigenvalue weighted by molar-refractivity contribution is 5.99. The van der Waals surface area contributed by atoms with Crippen molar-refractivity contribution in [2.45, 2.75) is 6.92 Å². The average molecular weight is 592 g/mol. The first-order valence-electron chi connectivity index (χ1n) is 13.9. The highest BCUT2D eigenvalue weighted by Crippen LogP contribution is 2.33. The maximum atomic E-state index is 11.2. The molecule has 3 aromatic carbocycles. The number of anilines is 4. The van der Waals surface area contributed by atoms with Crippen molar-refractivity contribution in [3.63, 3.8) is 0 Å². The number of aromatic nitrogens is 4. The zero-order valence-corrected chi connectivity index (χ0v) is 24.1. The van der Waals surface area contributed by atoms with E-state index < -0.39 is 4.92 Å². The number of hydrazone groups is 1. The van der Waals surface area contributed by atoms with Crippen LogP contribution in [0.4, 0.5) is 29.2 Å². The second-order valence-corrected chi connectivity index (χ2v) is 10.0. The van der Waals surface area contributed by atoms with Crippen LogP contribution in [0.2, 0.25) is 0 Å². The highest BCUT2D eigenvalue weighted by Gasteiger charge is 2.17. The molecule has 2 N–H and O–H groups in total. The van der Waals surface area contributed by atoms with E-state index in [2.05, 4.69) is 60.9 Å². The number of non-ortho nitro benzene ring substituents is 1. The Morgan fingerprint density at radius 2 is 1.84 bits per heavy atom. The SMILES string of the molecule is COc1ccc2c(C)ccc(-c3cncc(/C=N/Nc4nc(Nc5cccc([N+](=O)[O-])c5)nc(N5CCOCC5)n4)c3)c2c1. The molecule has 3 heterocycles. The summed E-state index contributed by atoms with van der Waals surface area (Å²) in [6.07, 6.45) is 5.17. The van der Waals surface area contributed by atoms with Gasteiger partial charge in [0.1, 0.15) is 5.75 Å². The van der Waals surface area contributed by atoms with Crippen molar-refractivity contribution in [2.24, 2.45) is 5.10 Å². The number of aryl methyl sites for hydroxylation is 1. The van der Waals surface area contributed by atoms with Crippen molar-refractivity contribution >= 4 is 46.2 Å². The Kier molecular flexibility index (Phi) is 8.19. The van der Waals surface area contributed by atoms with Crippen LogP contribution in [0.1, 0.15) is 11.1 Å². The van der Waals surface area contributed by atoms with E-state index >= 15 is 0 Å². The highest BCUT2D eigenvalue weighted by atomic mass is 16.6. The second-order valence-electron chi connectivity index (χ2n) is 10.0. The normalized spacial score (nSPS) is 13.3. The fourth-order valence-corrected chi connectivity index (χ4v) is 4.90. The van der Waals surface area contributed by atoms with E-state index in [0.717, 1.165) is 33.2 Å². The zero-order valence-electron chi connectivity index (χ0n) is 24.1. The van der Waals surface area contributed by atoms with Crippen LogP contribution in [0, 0.1) is 17.0 Å². The van der Waals surface area contributed by atoms with Crippen LogP contribution in [-0.2, 0) is 4.74 Å². The lowest BCUT2D eigenvalue weighted by Gasteiger charge is -2.27. The molecular weight excluding hydrogens is 562 g/mol. The zero-order chi connectivity index (χ0) is 30.5. The van der Waals surface area contributed by atoms with Crippen molar-refractivity contribution in [3.8, 4) is 16.9 Å². The molecule has 0 amide bonds. The Bertz CT molecular complexity index is 1860. The monoisotopic (exact) mass is 591 g/mol. The lowest BCUT2D eigenvalue weighted by atomic mass is 9.95. The molecule has 0 radical (unpaired) electrons. The lowest BCUT2D eigenvalue weighted by molar-refractivity contribution is -0.384. The van der Waals surface area contributed by atoms with Crippen molar-refractivity contribution in [2.75, 3.05) is 49.1 Å². The summed E-state index contributed by atoms with van der Waals surface area (Å²) in [7, 11) is 1.66. The number of hydrogen-bond acceptors (Lipinski definition) is 12. The number of morpholine rings is 1. The third kappa shape index (κ3) is 6.37. The summed E-state index contributed by atoms with van der Waals surface area (Å²) in [5.41, 5.74) is 7.23. The van der Waals surface area contributed by atoms with Gasteiger partial charge in [-0.3, -0.25) is 15.1 Å². The largest absolute Gasteiger partial charge is 0.497 e. The Morgan fingerprint density at radius 3 is 2.66 bits per heavy atom. The molecule has 1 aliphatic heterocycles. The summed E-state index contributed by atoms with van der Waals surface area (Å²) < 4.78 is 10.9. The molecule has 0 saturated carbocycles. The molecule has 0 spiro atoms. The molecule has 13 heteroatoms. The van der Waals surface area contributed by atoms with Gasteiger partial charge in [0.05, 0.1) is 31.5 Å². The molecule has 222 valence electrons. The third-order valence-corrected chi connectivity index (χ3v) is 7.12. The van der Waals surface area contributed by atoms with E-state index in [1.807, 2.05) is 29.3 Å². The lowest BCUT2D eigenvalue weighted by Crippen LogP contribution is -2.37. The standard InChI is InChI=1S/C31H29N9O4/c1-20-6-8-27(28-16-25(43-2)7-9-26(20)28)22-14-21(17-32-19-22)18-33-38-30-35-29(34-23-4-3-5-24(15-23)40(41)42)36-31(37-30)39-10-12-44-13-11-39/h3-9,14-19H,10-13H2,1-2H3,(H2,34,35,36,37,38)/b33-18+. The summed E-state index contributed by atoms with van der Waals surface area (Å²) in [5, 5.41) is 20.9. The predicted molar refractivity (Wildman–Crippen MR) is 169 cm³/mol. The van der Waals surface area contributed by atoms with E-state index in [9.17, 15) is 10.1 Å². The second kappa shape index (κ2) is 12.7. The van der Waals surface area contributed by atoms with Gasteiger partial charge in [-0.1, -0.05) is 24.3 Å². The number of rotatable bonds is 9. The Balaban J connectivity index is 1.26. The van der Waals surface area contributed by atoms with Crippen LogP contribution < -0.4 is 20.4 Å². The summed E-state index contributed by atoms with van der Waals surface area (Å²) in [5.74, 6) is 1.63. The number of pyridine rings is 1. The van der Waals surface area contributed by atoms with E-state index in [4.69, 9.17) is 9.47 Å². The average Bonchev–Trinajstić information content (AvgIpc) is 3.05. The number of methoxy groups -OCH3 is 1. The summed E-state index contributed by atoms with van der Waals surface area (Å²) >= 11 is 0. The molecule has 0 atom stereocenters. The van der Waals surface area contributed by atoms with Gasteiger partial charge in [-0.2, -0.15) is 20.1 Å². The molecule has 44 heavy (non-hydrogen) atoms. The molecule has 1 saturated heterocycles. The van der Waals surface area contributed by atoms with E-state index in [1.165, 1.54) is 17.7 Å². The molecule has 0 aliphatic carbocycles. The van der Waals surface area contributed by atoms with Crippen molar-refractivity contribution in [1.29, 1.82) is 0 Å². The summed E-state index contributed by atoms with van der Waals surface area (Å²) in [6, 6.07) is 18.4. The minimum atomic E-state index is -0.457. The maximum Gasteiger partial charge on any atom is 0.271 e. The van der Waals surface area contributed by atoms with Gasteiger partial charge >= 0.3 is 0 Å². The van der Waals surface area contributed by atoms with Gasteiger partial charge in [-0.25, -0.2) is 5.43 Å². The maximum absolute atomic E-state index is 11.2. The number of hydrogen-bond donors (Lipinski definition) is 2. The number of nitro groups is 1. The first-order chi connectivity index (χ1) is 21.5. The third-order valence-electron chi connectivity index (χ3n) is 7.12. The van der Waals surface area contributed by atoms with Crippen LogP contribution in [0.5, 0.6) is 5.75 Å². The first-order valence-corrected chi connectivity index (χ1v) is 13.9. The Morgan fingerprint density at radius 1 is 1.00 bits per heavy atom. The van der Waals surface area contributed by atoms with Crippen LogP contribution in [0.25, 0.3) is 21.9 Å². The number of nitrogens with zero attached hydrogens (tertiary/aromatic N) is 7. The van der Waals surface area contributed by atoms with Crippen LogP contribution in [0.15, 0.2) is 78.2 Å². The molecule has 13 nitrogen and oxygen atoms in total. The van der Waals surface area contributed by atoms with Crippen molar-refractivity contribution in [1.82, 2.24) is 19.9 Å². The summed E-state index contributed by atoms with van der Waals surface area (Å²) in [6.45, 7) is 4.41. The van der Waals surface area contributed by atoms with Crippen LogP contribution in [-0.4, -0.2) is 64.5 Å². The number of ether oxygens (including phenoxy) is 2. The van der Waals surface area contributed by atoms with Crippen molar-refractivity contribution in [3.05, 3.63) is 94.3 Å². The van der Waals surface area contributed by atoms with E-state index in [0.29, 0.717) is 37.9 Å². The molecule has 0 unspecified atom stereocenters.